The molecule has 0 spiro atoms. The molecular formula is C7H14N2O2. The van der Waals surface area contributed by atoms with Gasteiger partial charge in [-0.05, 0) is 19.9 Å². The Labute approximate surface area is 66.1 Å². The highest BCUT2D eigenvalue weighted by molar-refractivity contribution is 5.75. The predicted molar refractivity (Wildman–Crippen MR) is 41.0 cm³/mol. The van der Waals surface area contributed by atoms with Gasteiger partial charge in [0, 0.05) is 6.54 Å². The fraction of sp³-hybridized carbons (Fsp3) is 0.857. The normalized spacial score (nSPS) is 26.5. The van der Waals surface area contributed by atoms with Crippen molar-refractivity contribution in [3.63, 3.8) is 0 Å². The van der Waals surface area contributed by atoms with Crippen molar-refractivity contribution in [2.24, 2.45) is 5.73 Å². The summed E-state index contributed by atoms with van der Waals surface area (Å²) in [6, 6.07) is -0.504. The predicted octanol–water partition coefficient (Wildman–Crippen LogP) is -0.761. The second-order valence-corrected chi connectivity index (χ2v) is 2.84. The minimum absolute atomic E-state index is 0.0356. The molecule has 0 aliphatic carbocycles. The van der Waals surface area contributed by atoms with Crippen molar-refractivity contribution < 1.29 is 9.53 Å². The third-order valence-corrected chi connectivity index (χ3v) is 1.67. The summed E-state index contributed by atoms with van der Waals surface area (Å²) in [6.07, 6.45) is 0.937. The Morgan fingerprint density at radius 2 is 2.55 bits per heavy atom. The van der Waals surface area contributed by atoms with Gasteiger partial charge in [-0.3, -0.25) is 4.79 Å². The molecule has 0 saturated carbocycles. The van der Waals surface area contributed by atoms with Gasteiger partial charge in [-0.15, -0.1) is 0 Å². The zero-order valence-corrected chi connectivity index (χ0v) is 6.67. The lowest BCUT2D eigenvalue weighted by Crippen LogP contribution is -2.32. The number of nitrogens with one attached hydrogen (secondary N) is 1. The molecule has 1 fully saturated rings. The first kappa shape index (κ1) is 8.49. The molecule has 0 amide bonds. The van der Waals surface area contributed by atoms with E-state index >= 15 is 0 Å². The second kappa shape index (κ2) is 3.69. The molecule has 0 radical (unpaired) electrons. The number of nitrogens with two attached hydrogens (primary N) is 1. The molecule has 4 nitrogen and oxygen atoms in total. The van der Waals surface area contributed by atoms with Crippen LogP contribution in [0.1, 0.15) is 13.3 Å². The van der Waals surface area contributed by atoms with E-state index in [0.717, 1.165) is 19.5 Å². The van der Waals surface area contributed by atoms with Crippen LogP contribution in [0.4, 0.5) is 0 Å². The Balaban J connectivity index is 2.24. The maximum absolute atomic E-state index is 10.9. The van der Waals surface area contributed by atoms with Crippen molar-refractivity contribution in [3.05, 3.63) is 0 Å². The van der Waals surface area contributed by atoms with E-state index in [1.807, 2.05) is 0 Å². The van der Waals surface area contributed by atoms with Crippen LogP contribution in [0.15, 0.2) is 0 Å². The maximum Gasteiger partial charge on any atom is 0.322 e. The first-order valence-electron chi connectivity index (χ1n) is 3.87. The molecule has 2 atom stereocenters. The van der Waals surface area contributed by atoms with Gasteiger partial charge >= 0.3 is 5.97 Å². The average molecular weight is 158 g/mol. The van der Waals surface area contributed by atoms with Crippen LogP contribution in [0, 0.1) is 0 Å². The summed E-state index contributed by atoms with van der Waals surface area (Å²) in [5, 5.41) is 3.10. The highest BCUT2D eigenvalue weighted by Crippen LogP contribution is 2.03. The van der Waals surface area contributed by atoms with Crippen LogP contribution >= 0.6 is 0 Å². The lowest BCUT2D eigenvalue weighted by Gasteiger charge is -2.11. The Morgan fingerprint density at radius 3 is 3.00 bits per heavy atom. The van der Waals surface area contributed by atoms with E-state index in [2.05, 4.69) is 5.32 Å². The lowest BCUT2D eigenvalue weighted by molar-refractivity contribution is -0.149. The fourth-order valence-corrected chi connectivity index (χ4v) is 1.00. The zero-order valence-electron chi connectivity index (χ0n) is 6.67. The van der Waals surface area contributed by atoms with E-state index in [0.29, 0.717) is 0 Å². The van der Waals surface area contributed by atoms with Crippen molar-refractivity contribution >= 4 is 5.97 Å². The molecular weight excluding hydrogens is 144 g/mol. The van der Waals surface area contributed by atoms with E-state index in [1.54, 1.807) is 6.92 Å². The van der Waals surface area contributed by atoms with Gasteiger partial charge < -0.3 is 15.8 Å². The van der Waals surface area contributed by atoms with Crippen molar-refractivity contribution in [1.82, 2.24) is 5.32 Å². The summed E-state index contributed by atoms with van der Waals surface area (Å²) in [5.41, 5.74) is 5.32. The van der Waals surface area contributed by atoms with Gasteiger partial charge in [0.25, 0.3) is 0 Å². The van der Waals surface area contributed by atoms with Gasteiger partial charge in [0.1, 0.15) is 12.1 Å². The molecule has 1 heterocycles. The largest absolute Gasteiger partial charge is 0.460 e. The van der Waals surface area contributed by atoms with Crippen LogP contribution in [-0.4, -0.2) is 31.2 Å². The van der Waals surface area contributed by atoms with Crippen LogP contribution in [0.2, 0.25) is 0 Å². The number of esters is 1. The Bertz CT molecular complexity index is 141. The molecule has 1 rings (SSSR count). The van der Waals surface area contributed by atoms with Gasteiger partial charge in [0.05, 0.1) is 0 Å². The summed E-state index contributed by atoms with van der Waals surface area (Å²) in [5.74, 6) is -0.307. The summed E-state index contributed by atoms with van der Waals surface area (Å²) in [4.78, 5) is 10.9. The maximum atomic E-state index is 10.9. The molecule has 1 aliphatic rings. The van der Waals surface area contributed by atoms with E-state index in [9.17, 15) is 4.79 Å². The molecule has 11 heavy (non-hydrogen) atoms. The molecule has 0 aromatic heterocycles. The highest BCUT2D eigenvalue weighted by Gasteiger charge is 2.20. The monoisotopic (exact) mass is 158 g/mol. The van der Waals surface area contributed by atoms with Gasteiger partial charge in [-0.1, -0.05) is 0 Å². The minimum atomic E-state index is -0.504. The first-order chi connectivity index (χ1) is 5.20. The van der Waals surface area contributed by atoms with Gasteiger partial charge in [0.2, 0.25) is 0 Å². The molecule has 4 heteroatoms. The number of rotatable bonds is 2. The van der Waals surface area contributed by atoms with Crippen molar-refractivity contribution in [1.29, 1.82) is 0 Å². The number of carbonyl (C=O) groups is 1. The third kappa shape index (κ3) is 2.48. The van der Waals surface area contributed by atoms with Crippen LogP contribution in [0.5, 0.6) is 0 Å². The Morgan fingerprint density at radius 1 is 1.82 bits per heavy atom. The molecule has 64 valence electrons. The summed E-state index contributed by atoms with van der Waals surface area (Å²) in [7, 11) is 0. The minimum Gasteiger partial charge on any atom is -0.460 e. The SMILES string of the molecule is C[C@H](N)C(=O)OC1CCNC1. The van der Waals surface area contributed by atoms with E-state index in [4.69, 9.17) is 10.5 Å². The zero-order chi connectivity index (χ0) is 8.27. The first-order valence-corrected chi connectivity index (χ1v) is 3.87. The Hall–Kier alpha value is -0.610. The van der Waals surface area contributed by atoms with Crippen LogP contribution in [0.25, 0.3) is 0 Å². The quantitative estimate of drug-likeness (QED) is 0.518. The molecule has 0 bridgehead atoms. The van der Waals surface area contributed by atoms with Gasteiger partial charge in [-0.2, -0.15) is 0 Å². The third-order valence-electron chi connectivity index (χ3n) is 1.67. The van der Waals surface area contributed by atoms with Gasteiger partial charge in [0.15, 0.2) is 0 Å². The lowest BCUT2D eigenvalue weighted by atomic mass is 10.3. The van der Waals surface area contributed by atoms with Crippen LogP contribution < -0.4 is 11.1 Å². The summed E-state index contributed by atoms with van der Waals surface area (Å²) >= 11 is 0. The van der Waals surface area contributed by atoms with Crippen LogP contribution in [0.3, 0.4) is 0 Å². The highest BCUT2D eigenvalue weighted by atomic mass is 16.5. The smallest absolute Gasteiger partial charge is 0.322 e. The topological polar surface area (TPSA) is 64.4 Å². The van der Waals surface area contributed by atoms with E-state index in [-0.39, 0.29) is 12.1 Å². The summed E-state index contributed by atoms with van der Waals surface area (Å²) < 4.78 is 5.05. The van der Waals surface area contributed by atoms with Crippen LogP contribution in [-0.2, 0) is 9.53 Å². The molecule has 0 aromatic carbocycles. The van der Waals surface area contributed by atoms with E-state index in [1.165, 1.54) is 0 Å². The fourth-order valence-electron chi connectivity index (χ4n) is 1.00. The number of ether oxygens (including phenoxy) is 1. The van der Waals surface area contributed by atoms with Crippen molar-refractivity contribution in [2.45, 2.75) is 25.5 Å². The van der Waals surface area contributed by atoms with E-state index < -0.39 is 6.04 Å². The van der Waals surface area contributed by atoms with Crippen molar-refractivity contribution in [2.75, 3.05) is 13.1 Å². The number of carbonyl (C=O) groups excluding carboxylic acids is 1. The standard InChI is InChI=1S/C7H14N2O2/c1-5(8)7(10)11-6-2-3-9-4-6/h5-6,9H,2-4,8H2,1H3/t5-,6?/m0/s1. The molecule has 1 unspecified atom stereocenters. The second-order valence-electron chi connectivity index (χ2n) is 2.84. The molecule has 3 N–H and O–H groups in total. The number of hydrogen-bond acceptors (Lipinski definition) is 4. The molecule has 0 aromatic rings. The average Bonchev–Trinajstić information content (AvgIpc) is 2.39. The van der Waals surface area contributed by atoms with Gasteiger partial charge in [-0.25, -0.2) is 0 Å². The molecule has 1 saturated heterocycles. The van der Waals surface area contributed by atoms with Crippen molar-refractivity contribution in [3.8, 4) is 0 Å². The molecule has 1 aliphatic heterocycles. The summed E-state index contributed by atoms with van der Waals surface area (Å²) in [6.45, 7) is 3.32. The number of hydrogen-bond donors (Lipinski definition) is 2. The Kier molecular flexibility index (Phi) is 2.84.